The van der Waals surface area contributed by atoms with Gasteiger partial charge in [0.15, 0.2) is 4.80 Å². The van der Waals surface area contributed by atoms with Gasteiger partial charge in [0.1, 0.15) is 6.54 Å². The van der Waals surface area contributed by atoms with E-state index in [0.29, 0.717) is 4.80 Å². The molecule has 0 unspecified atom stereocenters. The van der Waals surface area contributed by atoms with Gasteiger partial charge in [-0.3, -0.25) is 9.59 Å². The zero-order chi connectivity index (χ0) is 25.9. The number of aryl methyl sites for hydroxylation is 1. The van der Waals surface area contributed by atoms with E-state index in [2.05, 4.69) is 18.0 Å². The van der Waals surface area contributed by atoms with Crippen LogP contribution in [0.25, 0.3) is 10.2 Å². The van der Waals surface area contributed by atoms with Crippen molar-refractivity contribution in [3.8, 4) is 0 Å². The summed E-state index contributed by atoms with van der Waals surface area (Å²) in [5.41, 5.74) is 2.27. The Morgan fingerprint density at radius 3 is 2.50 bits per heavy atom. The average Bonchev–Trinajstić information content (AvgIpc) is 3.66. The Morgan fingerprint density at radius 1 is 1.14 bits per heavy atom. The fourth-order valence-corrected chi connectivity index (χ4v) is 6.46. The summed E-state index contributed by atoms with van der Waals surface area (Å²) >= 11 is 1.34. The topological polar surface area (TPSA) is 98.0 Å². The summed E-state index contributed by atoms with van der Waals surface area (Å²) in [6, 6.07) is 12.0. The van der Waals surface area contributed by atoms with E-state index < -0.39 is 21.9 Å². The summed E-state index contributed by atoms with van der Waals surface area (Å²) in [5.74, 6) is -0.916. The molecule has 10 heteroatoms. The second-order valence-corrected chi connectivity index (χ2v) is 11.9. The van der Waals surface area contributed by atoms with Crippen LogP contribution in [0.2, 0.25) is 0 Å². The van der Waals surface area contributed by atoms with Crippen molar-refractivity contribution in [2.24, 2.45) is 4.99 Å². The minimum absolute atomic E-state index is 0.0524. The molecule has 1 fully saturated rings. The van der Waals surface area contributed by atoms with Crippen LogP contribution in [-0.2, 0) is 32.5 Å². The molecule has 8 nitrogen and oxygen atoms in total. The molecule has 1 aliphatic rings. The Labute approximate surface area is 215 Å². The summed E-state index contributed by atoms with van der Waals surface area (Å²) in [6.07, 6.45) is 4.87. The third kappa shape index (κ3) is 5.77. The molecule has 0 N–H and O–H groups in total. The van der Waals surface area contributed by atoms with Crippen molar-refractivity contribution in [1.82, 2.24) is 8.87 Å². The normalized spacial score (nSPS) is 14.5. The van der Waals surface area contributed by atoms with Gasteiger partial charge in [-0.2, -0.15) is 9.30 Å². The molecule has 1 saturated carbocycles. The zero-order valence-electron chi connectivity index (χ0n) is 20.8. The number of esters is 1. The molecule has 1 amide bonds. The highest BCUT2D eigenvalue weighted by Gasteiger charge is 2.35. The molecule has 0 atom stereocenters. The van der Waals surface area contributed by atoms with Crippen LogP contribution in [0.3, 0.4) is 0 Å². The second-order valence-electron chi connectivity index (χ2n) is 8.88. The van der Waals surface area contributed by atoms with E-state index in [9.17, 15) is 18.0 Å². The molecular formula is C26H31N3O5S2. The molecule has 0 aliphatic heterocycles. The number of unbranched alkanes of at least 4 members (excludes halogenated alkanes) is 1. The number of rotatable bonds is 10. The van der Waals surface area contributed by atoms with E-state index in [1.54, 1.807) is 18.5 Å². The Morgan fingerprint density at radius 2 is 1.86 bits per heavy atom. The second kappa shape index (κ2) is 11.1. The minimum Gasteiger partial charge on any atom is -0.465 e. The number of ether oxygens (including phenoxy) is 1. The molecule has 0 bridgehead atoms. The Hall–Kier alpha value is -2.82. The van der Waals surface area contributed by atoms with Crippen molar-refractivity contribution in [3.05, 3.63) is 58.4 Å². The first-order valence-electron chi connectivity index (χ1n) is 12.2. The van der Waals surface area contributed by atoms with Gasteiger partial charge in [0, 0.05) is 18.7 Å². The predicted molar refractivity (Wildman–Crippen MR) is 139 cm³/mol. The number of aromatic nitrogens is 1. The van der Waals surface area contributed by atoms with Gasteiger partial charge >= 0.3 is 5.97 Å². The number of fused-ring (bicyclic) bond motifs is 1. The van der Waals surface area contributed by atoms with Crippen molar-refractivity contribution in [2.45, 2.75) is 63.4 Å². The minimum atomic E-state index is -3.59. The predicted octanol–water partition coefficient (Wildman–Crippen LogP) is 4.13. The molecular weight excluding hydrogens is 498 g/mol. The van der Waals surface area contributed by atoms with Crippen LogP contribution in [0.4, 0.5) is 0 Å². The molecule has 1 aromatic heterocycles. The quantitative estimate of drug-likeness (QED) is 0.368. The molecule has 192 valence electrons. The molecule has 4 rings (SSSR count). The van der Waals surface area contributed by atoms with Crippen LogP contribution >= 0.6 is 11.3 Å². The number of sulfonamides is 1. The van der Waals surface area contributed by atoms with Crippen molar-refractivity contribution in [2.75, 3.05) is 13.7 Å². The summed E-state index contributed by atoms with van der Waals surface area (Å²) in [4.78, 5) is 30.2. The summed E-state index contributed by atoms with van der Waals surface area (Å²) in [7, 11) is -2.01. The maximum absolute atomic E-state index is 13.0. The van der Waals surface area contributed by atoms with Crippen LogP contribution in [0.15, 0.2) is 52.4 Å². The lowest BCUT2D eigenvalue weighted by Crippen LogP contribution is -2.28. The van der Waals surface area contributed by atoms with Crippen molar-refractivity contribution < 1.29 is 22.7 Å². The van der Waals surface area contributed by atoms with Gasteiger partial charge < -0.3 is 9.30 Å². The largest absolute Gasteiger partial charge is 0.465 e. The van der Waals surface area contributed by atoms with Gasteiger partial charge in [-0.05, 0) is 74.6 Å². The van der Waals surface area contributed by atoms with E-state index >= 15 is 0 Å². The Balaban J connectivity index is 1.67. The first kappa shape index (κ1) is 26.2. The Kier molecular flexibility index (Phi) is 8.07. The molecule has 2 aromatic carbocycles. The molecule has 0 saturated heterocycles. The summed E-state index contributed by atoms with van der Waals surface area (Å²) in [6.45, 7) is 4.10. The van der Waals surface area contributed by atoms with E-state index in [4.69, 9.17) is 4.74 Å². The third-order valence-electron chi connectivity index (χ3n) is 6.20. The van der Waals surface area contributed by atoms with Gasteiger partial charge in [-0.25, -0.2) is 8.42 Å². The van der Waals surface area contributed by atoms with Gasteiger partial charge in [-0.1, -0.05) is 30.7 Å². The maximum Gasteiger partial charge on any atom is 0.326 e. The SMILES string of the molecule is CCCCc1ccc2c(c1)sc(=NC(=O)c1ccc(S(=O)(=O)N(C)C3CC3)cc1)n2CC(=O)OCC. The number of hydrogen-bond donors (Lipinski definition) is 0. The number of carbonyl (C=O) groups is 2. The molecule has 1 aliphatic carbocycles. The lowest BCUT2D eigenvalue weighted by atomic mass is 10.1. The highest BCUT2D eigenvalue weighted by molar-refractivity contribution is 7.89. The van der Waals surface area contributed by atoms with Crippen molar-refractivity contribution in [1.29, 1.82) is 0 Å². The molecule has 1 heterocycles. The first-order chi connectivity index (χ1) is 17.2. The molecule has 0 radical (unpaired) electrons. The first-order valence-corrected chi connectivity index (χ1v) is 14.4. The fourth-order valence-electron chi connectivity index (χ4n) is 3.95. The highest BCUT2D eigenvalue weighted by Crippen LogP contribution is 2.30. The molecule has 3 aromatic rings. The van der Waals surface area contributed by atoms with Crippen LogP contribution < -0.4 is 4.80 Å². The lowest BCUT2D eigenvalue weighted by Gasteiger charge is -2.16. The number of benzene rings is 2. The standard InChI is InChI=1S/C26H31N3O5S2/c1-4-6-7-18-8-15-22-23(16-18)35-26(29(22)17-24(30)34-5-2)27-25(31)19-9-13-21(14-10-19)36(32,33)28(3)20-11-12-20/h8-10,13-16,20H,4-7,11-12,17H2,1-3H3. The van der Waals surface area contributed by atoms with Gasteiger partial charge in [0.25, 0.3) is 5.91 Å². The zero-order valence-corrected chi connectivity index (χ0v) is 22.4. The van der Waals surface area contributed by atoms with Crippen LogP contribution in [-0.4, -0.2) is 48.9 Å². The van der Waals surface area contributed by atoms with Crippen molar-refractivity contribution in [3.63, 3.8) is 0 Å². The van der Waals surface area contributed by atoms with E-state index in [0.717, 1.165) is 42.3 Å². The summed E-state index contributed by atoms with van der Waals surface area (Å²) < 4.78 is 34.6. The van der Waals surface area contributed by atoms with Gasteiger partial charge in [0.2, 0.25) is 10.0 Å². The third-order valence-corrected chi connectivity index (χ3v) is 9.16. The van der Waals surface area contributed by atoms with Crippen LogP contribution in [0, 0.1) is 0 Å². The number of amides is 1. The van der Waals surface area contributed by atoms with Crippen LogP contribution in [0.5, 0.6) is 0 Å². The number of carbonyl (C=O) groups excluding carboxylic acids is 2. The smallest absolute Gasteiger partial charge is 0.326 e. The maximum atomic E-state index is 13.0. The van der Waals surface area contributed by atoms with E-state index in [-0.39, 0.29) is 29.7 Å². The van der Waals surface area contributed by atoms with Crippen molar-refractivity contribution >= 4 is 43.5 Å². The van der Waals surface area contributed by atoms with Crippen LogP contribution in [0.1, 0.15) is 55.5 Å². The van der Waals surface area contributed by atoms with E-state index in [1.165, 1.54) is 45.5 Å². The van der Waals surface area contributed by atoms with E-state index in [1.807, 2.05) is 12.1 Å². The number of hydrogen-bond acceptors (Lipinski definition) is 6. The van der Waals surface area contributed by atoms with Gasteiger partial charge in [0.05, 0.1) is 21.7 Å². The number of thiazole rings is 1. The number of nitrogens with zero attached hydrogens (tertiary/aromatic N) is 3. The average molecular weight is 530 g/mol. The molecule has 0 spiro atoms. The molecule has 36 heavy (non-hydrogen) atoms. The highest BCUT2D eigenvalue weighted by atomic mass is 32.2. The lowest BCUT2D eigenvalue weighted by molar-refractivity contribution is -0.143. The fraction of sp³-hybridized carbons (Fsp3) is 0.423. The van der Waals surface area contributed by atoms with Gasteiger partial charge in [-0.15, -0.1) is 0 Å². The summed E-state index contributed by atoms with van der Waals surface area (Å²) in [5, 5.41) is 0. The monoisotopic (exact) mass is 529 g/mol. The Bertz CT molecular complexity index is 1430.